The summed E-state index contributed by atoms with van der Waals surface area (Å²) < 4.78 is 19.7. The molecule has 2 heterocycles. The van der Waals surface area contributed by atoms with Crippen LogP contribution in [0.2, 0.25) is 0 Å². The average Bonchev–Trinajstić information content (AvgIpc) is 3.41. The van der Waals surface area contributed by atoms with Crippen molar-refractivity contribution in [1.82, 2.24) is 9.80 Å². The van der Waals surface area contributed by atoms with Crippen LogP contribution in [0.4, 0.5) is 4.39 Å². The highest BCUT2D eigenvalue weighted by molar-refractivity contribution is 5.82. The van der Waals surface area contributed by atoms with E-state index in [0.717, 1.165) is 64.8 Å². The normalized spacial score (nSPS) is 26.8. The largest absolute Gasteiger partial charge is 0.490 e. The Morgan fingerprint density at radius 2 is 1.85 bits per heavy atom. The van der Waals surface area contributed by atoms with Crippen LogP contribution in [0.3, 0.4) is 0 Å². The first-order valence-corrected chi connectivity index (χ1v) is 12.5. The Morgan fingerprint density at radius 3 is 2.61 bits per heavy atom. The molecule has 3 atom stereocenters. The lowest BCUT2D eigenvalue weighted by atomic mass is 9.79. The third-order valence-electron chi connectivity index (χ3n) is 8.20. The van der Waals surface area contributed by atoms with Gasteiger partial charge in [-0.05, 0) is 68.8 Å². The first-order chi connectivity index (χ1) is 16.0. The van der Waals surface area contributed by atoms with E-state index in [0.29, 0.717) is 23.5 Å². The summed E-state index contributed by atoms with van der Waals surface area (Å²) in [7, 11) is 0. The second-order valence-corrected chi connectivity index (χ2v) is 10.5. The molecule has 2 aromatic rings. The van der Waals surface area contributed by atoms with Gasteiger partial charge in [0.15, 0.2) is 0 Å². The average molecular weight is 451 g/mol. The summed E-state index contributed by atoms with van der Waals surface area (Å²) >= 11 is 0. The fraction of sp³-hybridized carbons (Fsp3) is 0.536. The van der Waals surface area contributed by atoms with Gasteiger partial charge < -0.3 is 14.5 Å². The molecule has 0 bridgehead atoms. The van der Waals surface area contributed by atoms with E-state index in [1.165, 1.54) is 17.7 Å². The number of piperidine rings is 1. The number of benzene rings is 2. The molecule has 0 aromatic heterocycles. The molecule has 2 saturated heterocycles. The highest BCUT2D eigenvalue weighted by Gasteiger charge is 2.48. The first-order valence-electron chi connectivity index (χ1n) is 12.5. The quantitative estimate of drug-likeness (QED) is 0.635. The molecule has 1 aliphatic carbocycles. The monoisotopic (exact) mass is 450 g/mol. The maximum atomic E-state index is 13.6. The standard InChI is InChI=1S/C28H35FN2O2/c1-28(13-16-30(17-14-28)15-12-21-6-3-2-4-7-21)27(32)31-19-22-10-11-26(25(22)20-31)33-24-9-5-8-23(29)18-24/h2-9,18,22,25-26H,10-17,19-20H2,1H3/t22-,25+,26-/m0/s1. The second-order valence-electron chi connectivity index (χ2n) is 10.5. The third kappa shape index (κ3) is 4.93. The number of hydrogen-bond donors (Lipinski definition) is 0. The van der Waals surface area contributed by atoms with Crippen molar-refractivity contribution in [3.8, 4) is 5.75 Å². The predicted octanol–water partition coefficient (Wildman–Crippen LogP) is 4.79. The zero-order valence-electron chi connectivity index (χ0n) is 19.6. The highest BCUT2D eigenvalue weighted by atomic mass is 19.1. The van der Waals surface area contributed by atoms with E-state index in [1.54, 1.807) is 6.07 Å². The number of amides is 1. The van der Waals surface area contributed by atoms with Crippen molar-refractivity contribution >= 4 is 5.91 Å². The lowest BCUT2D eigenvalue weighted by molar-refractivity contribution is -0.143. The number of fused-ring (bicyclic) bond motifs is 1. The van der Waals surface area contributed by atoms with Gasteiger partial charge in [-0.1, -0.05) is 43.3 Å². The minimum absolute atomic E-state index is 0.0715. The molecule has 3 aliphatic rings. The fourth-order valence-electron chi connectivity index (χ4n) is 6.04. The Kier molecular flexibility index (Phi) is 6.42. The fourth-order valence-corrected chi connectivity index (χ4v) is 6.04. The molecule has 3 fully saturated rings. The molecular weight excluding hydrogens is 415 g/mol. The second kappa shape index (κ2) is 9.46. The molecular formula is C28H35FN2O2. The molecule has 2 aliphatic heterocycles. The van der Waals surface area contributed by atoms with Crippen molar-refractivity contribution in [3.05, 3.63) is 66.0 Å². The van der Waals surface area contributed by atoms with E-state index >= 15 is 0 Å². The Bertz CT molecular complexity index is 957. The van der Waals surface area contributed by atoms with E-state index in [9.17, 15) is 9.18 Å². The predicted molar refractivity (Wildman–Crippen MR) is 128 cm³/mol. The van der Waals surface area contributed by atoms with Crippen LogP contribution in [0.5, 0.6) is 5.75 Å². The van der Waals surface area contributed by atoms with Crippen LogP contribution in [0.1, 0.15) is 38.2 Å². The molecule has 0 N–H and O–H groups in total. The van der Waals surface area contributed by atoms with Crippen molar-refractivity contribution in [1.29, 1.82) is 0 Å². The Morgan fingerprint density at radius 1 is 1.06 bits per heavy atom. The number of hydrogen-bond acceptors (Lipinski definition) is 3. The number of rotatable bonds is 6. The summed E-state index contributed by atoms with van der Waals surface area (Å²) in [6, 6.07) is 17.0. The van der Waals surface area contributed by atoms with Crippen LogP contribution in [0.25, 0.3) is 0 Å². The smallest absolute Gasteiger partial charge is 0.228 e. The molecule has 5 rings (SSSR count). The topological polar surface area (TPSA) is 32.8 Å². The number of ether oxygens (including phenoxy) is 1. The Balaban J connectivity index is 1.13. The third-order valence-corrected chi connectivity index (χ3v) is 8.20. The zero-order chi connectivity index (χ0) is 22.8. The number of carbonyl (C=O) groups excluding carboxylic acids is 1. The number of halogens is 1. The van der Waals surface area contributed by atoms with Crippen LogP contribution in [0, 0.1) is 23.1 Å². The van der Waals surface area contributed by atoms with Gasteiger partial charge in [-0.25, -0.2) is 4.39 Å². The molecule has 1 saturated carbocycles. The summed E-state index contributed by atoms with van der Waals surface area (Å²) in [6.45, 7) is 6.82. The van der Waals surface area contributed by atoms with Gasteiger partial charge >= 0.3 is 0 Å². The number of likely N-dealkylation sites (tertiary alicyclic amines) is 2. The molecule has 0 spiro atoms. The molecule has 2 aromatic carbocycles. The van der Waals surface area contributed by atoms with Crippen LogP contribution < -0.4 is 4.74 Å². The van der Waals surface area contributed by atoms with Gasteiger partial charge in [0.25, 0.3) is 0 Å². The van der Waals surface area contributed by atoms with Crippen molar-refractivity contribution in [2.75, 3.05) is 32.7 Å². The lowest BCUT2D eigenvalue weighted by Gasteiger charge is -2.40. The van der Waals surface area contributed by atoms with Gasteiger partial charge in [-0.2, -0.15) is 0 Å². The minimum atomic E-state index is -0.270. The van der Waals surface area contributed by atoms with Crippen LogP contribution >= 0.6 is 0 Å². The first kappa shape index (κ1) is 22.4. The van der Waals surface area contributed by atoms with Crippen molar-refractivity contribution < 1.29 is 13.9 Å². The Hall–Kier alpha value is -2.40. The van der Waals surface area contributed by atoms with Crippen LogP contribution in [0.15, 0.2) is 54.6 Å². The van der Waals surface area contributed by atoms with Gasteiger partial charge in [0.2, 0.25) is 5.91 Å². The molecule has 4 nitrogen and oxygen atoms in total. The van der Waals surface area contributed by atoms with Crippen molar-refractivity contribution in [2.24, 2.45) is 17.3 Å². The summed E-state index contributed by atoms with van der Waals surface area (Å²) in [5, 5.41) is 0. The van der Waals surface area contributed by atoms with E-state index < -0.39 is 0 Å². The SMILES string of the molecule is CC1(C(=O)N2C[C@@H]3CC[C@H](Oc4cccc(F)c4)[C@@H]3C2)CCN(CCc2ccccc2)CC1. The molecule has 176 valence electrons. The van der Waals surface area contributed by atoms with Crippen LogP contribution in [-0.4, -0.2) is 54.5 Å². The van der Waals surface area contributed by atoms with Gasteiger partial charge in [0, 0.05) is 37.0 Å². The summed E-state index contributed by atoms with van der Waals surface area (Å²) in [5.41, 5.74) is 1.11. The van der Waals surface area contributed by atoms with Gasteiger partial charge in [-0.15, -0.1) is 0 Å². The molecule has 1 amide bonds. The highest BCUT2D eigenvalue weighted by Crippen LogP contribution is 2.43. The maximum absolute atomic E-state index is 13.6. The van der Waals surface area contributed by atoms with Gasteiger partial charge in [0.1, 0.15) is 17.7 Å². The van der Waals surface area contributed by atoms with E-state index in [4.69, 9.17) is 4.74 Å². The molecule has 0 radical (unpaired) electrons. The van der Waals surface area contributed by atoms with Crippen molar-refractivity contribution in [2.45, 2.75) is 45.1 Å². The summed E-state index contributed by atoms with van der Waals surface area (Å²) in [6.07, 6.45) is 5.06. The molecule has 0 unspecified atom stereocenters. The van der Waals surface area contributed by atoms with E-state index in [1.807, 2.05) is 6.07 Å². The summed E-state index contributed by atoms with van der Waals surface area (Å²) in [4.78, 5) is 18.2. The number of carbonyl (C=O) groups is 1. The maximum Gasteiger partial charge on any atom is 0.228 e. The van der Waals surface area contributed by atoms with Gasteiger partial charge in [-0.3, -0.25) is 4.79 Å². The van der Waals surface area contributed by atoms with Gasteiger partial charge in [0.05, 0.1) is 0 Å². The molecule has 5 heteroatoms. The zero-order valence-corrected chi connectivity index (χ0v) is 19.6. The van der Waals surface area contributed by atoms with E-state index in [2.05, 4.69) is 47.1 Å². The van der Waals surface area contributed by atoms with Crippen LogP contribution in [-0.2, 0) is 11.2 Å². The summed E-state index contributed by atoms with van der Waals surface area (Å²) in [5.74, 6) is 1.51. The molecule has 33 heavy (non-hydrogen) atoms. The number of nitrogens with zero attached hydrogens (tertiary/aromatic N) is 2. The lowest BCUT2D eigenvalue weighted by Crippen LogP contribution is -2.49. The Labute approximate surface area is 196 Å². The van der Waals surface area contributed by atoms with E-state index in [-0.39, 0.29) is 17.3 Å². The minimum Gasteiger partial charge on any atom is -0.490 e. The van der Waals surface area contributed by atoms with Crippen molar-refractivity contribution in [3.63, 3.8) is 0 Å².